The van der Waals surface area contributed by atoms with Crippen molar-refractivity contribution in [1.29, 1.82) is 0 Å². The molecule has 2 heterocycles. The van der Waals surface area contributed by atoms with E-state index in [0.717, 1.165) is 24.0 Å². The summed E-state index contributed by atoms with van der Waals surface area (Å²) in [7, 11) is 6.29. The fraction of sp³-hybridized carbons (Fsp3) is 0.300. The number of aromatic hydroxyl groups is 1. The fourth-order valence-corrected chi connectivity index (χ4v) is 5.21. The molecule has 1 amide bonds. The predicted octanol–water partition coefficient (Wildman–Crippen LogP) is 5.88. The number of hydrogen-bond acceptors (Lipinski definition) is 8. The predicted molar refractivity (Wildman–Crippen MR) is 150 cm³/mol. The molecule has 0 radical (unpaired) electrons. The van der Waals surface area contributed by atoms with Crippen LogP contribution in [-0.4, -0.2) is 55.5 Å². The molecule has 1 unspecified atom stereocenters. The molecule has 4 aromatic rings. The lowest BCUT2D eigenvalue weighted by Crippen LogP contribution is -2.35. The highest BCUT2D eigenvalue weighted by molar-refractivity contribution is 5.97. The maximum Gasteiger partial charge on any atom is 0.295 e. The van der Waals surface area contributed by atoms with Gasteiger partial charge in [-0.3, -0.25) is 14.3 Å². The summed E-state index contributed by atoms with van der Waals surface area (Å²) >= 11 is 0. The van der Waals surface area contributed by atoms with E-state index in [9.17, 15) is 9.90 Å². The van der Waals surface area contributed by atoms with Gasteiger partial charge in [0, 0.05) is 23.5 Å². The van der Waals surface area contributed by atoms with Crippen molar-refractivity contribution in [1.82, 2.24) is 9.47 Å². The molecule has 1 aromatic heterocycles. The third-order valence-corrected chi connectivity index (χ3v) is 7.42. The maximum absolute atomic E-state index is 12.8. The minimum atomic E-state index is -0.567. The standard InChI is InChI=1S/C30H32N4O6/c1-18-22-16-27(40-5)26(39-4)14-19(22)12-13-33(18)17-34-23-9-7-6-8-21(23)28(30(34)36)31-32-29(35)20-10-11-24(37-2)25(15-20)38-3/h6-11,14-16,18,36H,12-13,17H2,1-5H3. The average molecular weight is 545 g/mol. The number of ether oxygens (including phenoxy) is 4. The van der Waals surface area contributed by atoms with Gasteiger partial charge in [-0.25, -0.2) is 0 Å². The lowest BCUT2D eigenvalue weighted by molar-refractivity contribution is 0.0994. The highest BCUT2D eigenvalue weighted by Gasteiger charge is 2.28. The Morgan fingerprint density at radius 2 is 1.60 bits per heavy atom. The Hall–Kier alpha value is -4.57. The highest BCUT2D eigenvalue weighted by atomic mass is 16.5. The van der Waals surface area contributed by atoms with Gasteiger partial charge in [-0.15, -0.1) is 10.2 Å². The van der Waals surface area contributed by atoms with Gasteiger partial charge >= 0.3 is 0 Å². The van der Waals surface area contributed by atoms with Crippen molar-refractivity contribution in [3.05, 3.63) is 71.3 Å². The Kier molecular flexibility index (Phi) is 7.61. The van der Waals surface area contributed by atoms with E-state index in [0.29, 0.717) is 35.1 Å². The molecule has 40 heavy (non-hydrogen) atoms. The van der Waals surface area contributed by atoms with Gasteiger partial charge in [0.2, 0.25) is 5.88 Å². The lowest BCUT2D eigenvalue weighted by atomic mass is 9.93. The molecule has 208 valence electrons. The number of carbonyl (C=O) groups is 1. The number of azo groups is 1. The molecular weight excluding hydrogens is 512 g/mol. The molecule has 1 aliphatic rings. The van der Waals surface area contributed by atoms with E-state index < -0.39 is 5.91 Å². The number of para-hydroxylation sites is 1. The van der Waals surface area contributed by atoms with Crippen molar-refractivity contribution in [2.45, 2.75) is 26.1 Å². The number of methoxy groups -OCH3 is 4. The second kappa shape index (κ2) is 11.3. The molecule has 1 aliphatic heterocycles. The first-order chi connectivity index (χ1) is 19.4. The zero-order chi connectivity index (χ0) is 28.4. The monoisotopic (exact) mass is 544 g/mol. The van der Waals surface area contributed by atoms with Crippen molar-refractivity contribution in [2.24, 2.45) is 10.2 Å². The summed E-state index contributed by atoms with van der Waals surface area (Å²) < 4.78 is 23.3. The minimum Gasteiger partial charge on any atom is -0.493 e. The third kappa shape index (κ3) is 4.82. The number of benzene rings is 3. The average Bonchev–Trinajstić information content (AvgIpc) is 3.26. The largest absolute Gasteiger partial charge is 0.493 e. The van der Waals surface area contributed by atoms with E-state index >= 15 is 0 Å². The molecule has 0 saturated carbocycles. The maximum atomic E-state index is 12.8. The van der Waals surface area contributed by atoms with Crippen LogP contribution in [0.1, 0.15) is 34.5 Å². The SMILES string of the molecule is COc1ccc(C(=O)N=Nc2c(O)n(CN3CCc4cc(OC)c(OC)cc4C3C)c3ccccc23)cc1OC. The summed E-state index contributed by atoms with van der Waals surface area (Å²) in [6.45, 7) is 3.33. The number of amides is 1. The lowest BCUT2D eigenvalue weighted by Gasteiger charge is -2.36. The first-order valence-electron chi connectivity index (χ1n) is 12.9. The zero-order valence-corrected chi connectivity index (χ0v) is 23.2. The number of rotatable bonds is 8. The molecule has 10 heteroatoms. The van der Waals surface area contributed by atoms with Crippen molar-refractivity contribution < 1.29 is 28.8 Å². The van der Waals surface area contributed by atoms with Crippen LogP contribution in [0, 0.1) is 0 Å². The van der Waals surface area contributed by atoms with E-state index in [1.807, 2.05) is 36.4 Å². The van der Waals surface area contributed by atoms with Crippen LogP contribution < -0.4 is 18.9 Å². The summed E-state index contributed by atoms with van der Waals surface area (Å²) in [6.07, 6.45) is 0.826. The van der Waals surface area contributed by atoms with Gasteiger partial charge in [-0.2, -0.15) is 0 Å². The molecule has 0 fully saturated rings. The Morgan fingerprint density at radius 1 is 0.925 bits per heavy atom. The first-order valence-corrected chi connectivity index (χ1v) is 12.9. The van der Waals surface area contributed by atoms with Gasteiger partial charge in [0.1, 0.15) is 0 Å². The number of aromatic nitrogens is 1. The quantitative estimate of drug-likeness (QED) is 0.276. The van der Waals surface area contributed by atoms with Crippen LogP contribution in [0.2, 0.25) is 0 Å². The minimum absolute atomic E-state index is 0.0563. The number of fused-ring (bicyclic) bond motifs is 2. The summed E-state index contributed by atoms with van der Waals surface area (Å²) in [6, 6.07) is 16.4. The van der Waals surface area contributed by atoms with E-state index in [1.54, 1.807) is 37.0 Å². The molecule has 3 aromatic carbocycles. The van der Waals surface area contributed by atoms with Crippen LogP contribution >= 0.6 is 0 Å². The van der Waals surface area contributed by atoms with Crippen molar-refractivity contribution >= 4 is 22.5 Å². The summed E-state index contributed by atoms with van der Waals surface area (Å²) in [5, 5.41) is 20.1. The number of hydrogen-bond donors (Lipinski definition) is 1. The van der Waals surface area contributed by atoms with E-state index in [4.69, 9.17) is 18.9 Å². The van der Waals surface area contributed by atoms with Crippen molar-refractivity contribution in [2.75, 3.05) is 35.0 Å². The van der Waals surface area contributed by atoms with Crippen LogP contribution in [0.25, 0.3) is 10.9 Å². The number of carbonyl (C=O) groups excluding carboxylic acids is 1. The van der Waals surface area contributed by atoms with Gasteiger partial charge in [0.25, 0.3) is 5.91 Å². The third-order valence-electron chi connectivity index (χ3n) is 7.42. The smallest absolute Gasteiger partial charge is 0.295 e. The van der Waals surface area contributed by atoms with Crippen molar-refractivity contribution in [3.63, 3.8) is 0 Å². The summed E-state index contributed by atoms with van der Waals surface area (Å²) in [5.41, 5.74) is 3.68. The first kappa shape index (κ1) is 27.0. The Bertz CT molecular complexity index is 1600. The van der Waals surface area contributed by atoms with Crippen LogP contribution in [0.3, 0.4) is 0 Å². The van der Waals surface area contributed by atoms with Gasteiger partial charge in [0.05, 0.1) is 40.6 Å². The highest BCUT2D eigenvalue weighted by Crippen LogP contribution is 2.42. The fourth-order valence-electron chi connectivity index (χ4n) is 5.21. The molecule has 5 rings (SSSR count). The van der Waals surface area contributed by atoms with Gasteiger partial charge in [-0.1, -0.05) is 18.2 Å². The molecule has 10 nitrogen and oxygen atoms in total. The number of nitrogens with zero attached hydrogens (tertiary/aromatic N) is 4. The second-order valence-corrected chi connectivity index (χ2v) is 9.48. The Balaban J connectivity index is 1.45. The zero-order valence-electron chi connectivity index (χ0n) is 23.2. The van der Waals surface area contributed by atoms with Crippen LogP contribution in [0.4, 0.5) is 5.69 Å². The molecule has 1 N–H and O–H groups in total. The normalized spacial score (nSPS) is 15.3. The topological polar surface area (TPSA) is 107 Å². The van der Waals surface area contributed by atoms with Crippen LogP contribution in [-0.2, 0) is 13.1 Å². The Labute approximate surface area is 232 Å². The van der Waals surface area contributed by atoms with E-state index in [-0.39, 0.29) is 23.2 Å². The molecule has 0 aliphatic carbocycles. The van der Waals surface area contributed by atoms with E-state index in [2.05, 4.69) is 22.1 Å². The van der Waals surface area contributed by atoms with Gasteiger partial charge < -0.3 is 24.1 Å². The second-order valence-electron chi connectivity index (χ2n) is 9.48. The van der Waals surface area contributed by atoms with E-state index in [1.165, 1.54) is 19.8 Å². The molecular formula is C30H32N4O6. The van der Waals surface area contributed by atoms with Gasteiger partial charge in [0.15, 0.2) is 28.7 Å². The van der Waals surface area contributed by atoms with Crippen LogP contribution in [0.5, 0.6) is 28.9 Å². The van der Waals surface area contributed by atoms with Crippen molar-refractivity contribution in [3.8, 4) is 28.9 Å². The molecule has 0 spiro atoms. The van der Waals surface area contributed by atoms with Gasteiger partial charge in [-0.05, 0) is 60.9 Å². The molecule has 0 saturated heterocycles. The Morgan fingerprint density at radius 3 is 2.33 bits per heavy atom. The molecule has 1 atom stereocenters. The summed E-state index contributed by atoms with van der Waals surface area (Å²) in [5.74, 6) is 1.69. The summed E-state index contributed by atoms with van der Waals surface area (Å²) in [4.78, 5) is 15.1. The molecule has 0 bridgehead atoms. The van der Waals surface area contributed by atoms with Crippen LogP contribution in [0.15, 0.2) is 64.8 Å².